The van der Waals surface area contributed by atoms with E-state index in [0.29, 0.717) is 0 Å². The van der Waals surface area contributed by atoms with Gasteiger partial charge in [-0.1, -0.05) is 60.7 Å². The second-order valence-electron chi connectivity index (χ2n) is 6.69. The molecule has 130 valence electrons. The fourth-order valence-electron chi connectivity index (χ4n) is 3.78. The molecule has 0 saturated heterocycles. The van der Waals surface area contributed by atoms with Gasteiger partial charge in [0.1, 0.15) is 0 Å². The van der Waals surface area contributed by atoms with Gasteiger partial charge >= 0.3 is 0 Å². The summed E-state index contributed by atoms with van der Waals surface area (Å²) in [5.74, 6) is 0. The highest BCUT2D eigenvalue weighted by molar-refractivity contribution is 7.13. The van der Waals surface area contributed by atoms with Gasteiger partial charge in [-0.15, -0.1) is 11.3 Å². The number of hydrogen-bond acceptors (Lipinski definition) is 2. The summed E-state index contributed by atoms with van der Waals surface area (Å²) < 4.78 is 1.80. The molecular formula is C24H17NOS. The number of fused-ring (bicyclic) bond motifs is 3. The third-order valence-electron chi connectivity index (χ3n) is 5.04. The van der Waals surface area contributed by atoms with E-state index in [0.717, 1.165) is 38.0 Å². The number of hydrogen-bond donors (Lipinski definition) is 0. The van der Waals surface area contributed by atoms with Gasteiger partial charge in [0, 0.05) is 22.0 Å². The van der Waals surface area contributed by atoms with Gasteiger partial charge in [0.25, 0.3) is 5.56 Å². The van der Waals surface area contributed by atoms with E-state index in [4.69, 9.17) is 0 Å². The van der Waals surface area contributed by atoms with Gasteiger partial charge in [-0.3, -0.25) is 9.20 Å². The van der Waals surface area contributed by atoms with E-state index >= 15 is 0 Å². The predicted octanol–water partition coefficient (Wildman–Crippen LogP) is 6.16. The van der Waals surface area contributed by atoms with Crippen LogP contribution in [0.3, 0.4) is 0 Å². The minimum Gasteiger partial charge on any atom is -0.283 e. The van der Waals surface area contributed by atoms with Crippen molar-refractivity contribution in [1.29, 1.82) is 0 Å². The maximum absolute atomic E-state index is 13.6. The Labute approximate surface area is 161 Å². The molecule has 3 heteroatoms. The molecule has 0 aliphatic rings. The van der Waals surface area contributed by atoms with Crippen LogP contribution in [-0.4, -0.2) is 4.40 Å². The normalized spacial score (nSPS) is 11.3. The first-order valence-corrected chi connectivity index (χ1v) is 9.79. The van der Waals surface area contributed by atoms with Crippen molar-refractivity contribution in [1.82, 2.24) is 4.40 Å². The number of pyridine rings is 2. The van der Waals surface area contributed by atoms with Gasteiger partial charge in [0.15, 0.2) is 0 Å². The van der Waals surface area contributed by atoms with Gasteiger partial charge in [-0.2, -0.15) is 0 Å². The van der Waals surface area contributed by atoms with Gasteiger partial charge in [0.05, 0.1) is 11.1 Å². The monoisotopic (exact) mass is 367 g/mol. The molecule has 0 N–H and O–H groups in total. The van der Waals surface area contributed by atoms with Crippen LogP contribution in [0.2, 0.25) is 0 Å². The molecule has 0 aliphatic carbocycles. The second-order valence-corrected chi connectivity index (χ2v) is 7.64. The van der Waals surface area contributed by atoms with E-state index in [-0.39, 0.29) is 5.56 Å². The molecule has 0 fully saturated rings. The SMILES string of the molecule is Cc1cn2c(=O)c(-c3ccccc3)c(-c3cccs3)cc2c2ccccc12. The smallest absolute Gasteiger partial charge is 0.263 e. The van der Waals surface area contributed by atoms with Gasteiger partial charge in [-0.25, -0.2) is 0 Å². The van der Waals surface area contributed by atoms with E-state index < -0.39 is 0 Å². The average molecular weight is 367 g/mol. The van der Waals surface area contributed by atoms with Crippen LogP contribution in [-0.2, 0) is 0 Å². The quantitative estimate of drug-likeness (QED) is 0.343. The van der Waals surface area contributed by atoms with Gasteiger partial charge < -0.3 is 0 Å². The van der Waals surface area contributed by atoms with Crippen LogP contribution >= 0.6 is 11.3 Å². The molecule has 0 aliphatic heterocycles. The van der Waals surface area contributed by atoms with Crippen molar-refractivity contribution in [2.24, 2.45) is 0 Å². The third-order valence-corrected chi connectivity index (χ3v) is 5.95. The van der Waals surface area contributed by atoms with Gasteiger partial charge in [-0.05, 0) is 40.9 Å². The van der Waals surface area contributed by atoms with Crippen LogP contribution in [0.25, 0.3) is 37.9 Å². The topological polar surface area (TPSA) is 21.5 Å². The summed E-state index contributed by atoms with van der Waals surface area (Å²) in [6, 6.07) is 24.5. The minimum absolute atomic E-state index is 0.0240. The molecule has 2 aromatic carbocycles. The van der Waals surface area contributed by atoms with Crippen LogP contribution < -0.4 is 5.56 Å². The molecule has 3 aromatic heterocycles. The zero-order valence-electron chi connectivity index (χ0n) is 14.8. The summed E-state index contributed by atoms with van der Waals surface area (Å²) >= 11 is 1.66. The molecule has 0 spiro atoms. The fourth-order valence-corrected chi connectivity index (χ4v) is 4.53. The Kier molecular flexibility index (Phi) is 3.69. The van der Waals surface area contributed by atoms with Crippen molar-refractivity contribution in [2.75, 3.05) is 0 Å². The van der Waals surface area contributed by atoms with Crippen molar-refractivity contribution >= 4 is 27.6 Å². The van der Waals surface area contributed by atoms with Crippen LogP contribution in [0.15, 0.2) is 89.2 Å². The van der Waals surface area contributed by atoms with Crippen molar-refractivity contribution in [3.05, 3.63) is 100 Å². The van der Waals surface area contributed by atoms with E-state index in [1.54, 1.807) is 15.7 Å². The van der Waals surface area contributed by atoms with Crippen LogP contribution in [0, 0.1) is 6.92 Å². The Morgan fingerprint density at radius 2 is 1.59 bits per heavy atom. The lowest BCUT2D eigenvalue weighted by Crippen LogP contribution is -2.17. The molecule has 0 bridgehead atoms. The zero-order valence-corrected chi connectivity index (χ0v) is 15.7. The molecule has 0 radical (unpaired) electrons. The Bertz CT molecular complexity index is 1330. The van der Waals surface area contributed by atoms with E-state index in [9.17, 15) is 4.79 Å². The highest BCUT2D eigenvalue weighted by Crippen LogP contribution is 2.35. The molecule has 0 atom stereocenters. The first-order chi connectivity index (χ1) is 13.2. The number of rotatable bonds is 2. The Hall–Kier alpha value is -3.17. The summed E-state index contributed by atoms with van der Waals surface area (Å²) in [5.41, 5.74) is 4.77. The van der Waals surface area contributed by atoms with Crippen molar-refractivity contribution in [3.8, 4) is 21.6 Å². The largest absolute Gasteiger partial charge is 0.283 e. The molecule has 27 heavy (non-hydrogen) atoms. The molecule has 5 aromatic rings. The standard InChI is InChI=1S/C24H17NOS/c1-16-15-25-21(19-11-6-5-10-18(16)19)14-20(22-12-7-13-27-22)23(24(25)26)17-8-3-2-4-9-17/h2-15H,1H3. The van der Waals surface area contributed by atoms with E-state index in [1.807, 2.05) is 54.7 Å². The van der Waals surface area contributed by atoms with Crippen LogP contribution in [0.5, 0.6) is 0 Å². The summed E-state index contributed by atoms with van der Waals surface area (Å²) in [6.07, 6.45) is 1.96. The number of nitrogens with zero attached hydrogens (tertiary/aromatic N) is 1. The Morgan fingerprint density at radius 3 is 2.33 bits per heavy atom. The summed E-state index contributed by atoms with van der Waals surface area (Å²) in [4.78, 5) is 14.7. The lowest BCUT2D eigenvalue weighted by molar-refractivity contribution is 1.10. The molecule has 3 heterocycles. The summed E-state index contributed by atoms with van der Waals surface area (Å²) in [5, 5.41) is 4.34. The molecule has 0 saturated carbocycles. The molecular weight excluding hydrogens is 350 g/mol. The molecule has 5 rings (SSSR count). The first-order valence-electron chi connectivity index (χ1n) is 8.91. The fraction of sp³-hybridized carbons (Fsp3) is 0.0417. The predicted molar refractivity (Wildman–Crippen MR) is 115 cm³/mol. The average Bonchev–Trinajstić information content (AvgIpc) is 3.24. The van der Waals surface area contributed by atoms with E-state index in [1.165, 1.54) is 5.39 Å². The van der Waals surface area contributed by atoms with Crippen molar-refractivity contribution in [2.45, 2.75) is 6.92 Å². The first kappa shape index (κ1) is 16.0. The Balaban J connectivity index is 2.00. The third kappa shape index (κ3) is 2.51. The van der Waals surface area contributed by atoms with Crippen LogP contribution in [0.1, 0.15) is 5.56 Å². The maximum atomic E-state index is 13.6. The van der Waals surface area contributed by atoms with Crippen molar-refractivity contribution < 1.29 is 0 Å². The minimum atomic E-state index is 0.0240. The van der Waals surface area contributed by atoms with Gasteiger partial charge in [0.2, 0.25) is 0 Å². The second kappa shape index (κ2) is 6.22. The highest BCUT2D eigenvalue weighted by atomic mass is 32.1. The number of benzene rings is 2. The number of aromatic nitrogens is 1. The number of aryl methyl sites for hydroxylation is 1. The summed E-state index contributed by atoms with van der Waals surface area (Å²) in [7, 11) is 0. The zero-order chi connectivity index (χ0) is 18.4. The van der Waals surface area contributed by atoms with Crippen molar-refractivity contribution in [3.63, 3.8) is 0 Å². The molecule has 0 amide bonds. The number of thiophene rings is 1. The lowest BCUT2D eigenvalue weighted by Gasteiger charge is -2.14. The van der Waals surface area contributed by atoms with E-state index in [2.05, 4.69) is 36.6 Å². The summed E-state index contributed by atoms with van der Waals surface area (Å²) in [6.45, 7) is 2.06. The Morgan fingerprint density at radius 1 is 0.852 bits per heavy atom. The maximum Gasteiger partial charge on any atom is 0.263 e. The molecule has 0 unspecified atom stereocenters. The highest BCUT2D eigenvalue weighted by Gasteiger charge is 2.17. The van der Waals surface area contributed by atoms with Crippen LogP contribution in [0.4, 0.5) is 0 Å². The molecule has 2 nitrogen and oxygen atoms in total. The lowest BCUT2D eigenvalue weighted by atomic mass is 9.98.